The topological polar surface area (TPSA) is 73.6 Å². The number of amides is 1. The molecule has 2 unspecified atom stereocenters. The first-order valence-corrected chi connectivity index (χ1v) is 8.49. The zero-order chi connectivity index (χ0) is 18.6. The summed E-state index contributed by atoms with van der Waals surface area (Å²) in [5, 5.41) is 2.96. The Bertz CT molecular complexity index is 430. The standard InChI is InChI=1S/C18H29NO3.CH5N/c1-6-8-10-14(7-2)13-15(16-11-9-12-21-16)19-17(20)22-18(3,4)5;1-2/h6-8,10,15-16H,2,9,11-13H2,1,3-5H3,(H,19,20);2H2,1H3/b8-6-,14-10+;. The van der Waals surface area contributed by atoms with Crippen LogP contribution in [0.15, 0.2) is 36.5 Å². The van der Waals surface area contributed by atoms with Crippen molar-refractivity contribution in [2.45, 2.75) is 64.7 Å². The van der Waals surface area contributed by atoms with Gasteiger partial charge in [-0.2, -0.15) is 0 Å². The van der Waals surface area contributed by atoms with Crippen molar-refractivity contribution in [2.24, 2.45) is 5.73 Å². The van der Waals surface area contributed by atoms with Crippen LogP contribution in [0.4, 0.5) is 4.79 Å². The van der Waals surface area contributed by atoms with Gasteiger partial charge in [0.2, 0.25) is 0 Å². The molecule has 3 N–H and O–H groups in total. The Kier molecular flexibility index (Phi) is 11.1. The van der Waals surface area contributed by atoms with E-state index in [9.17, 15) is 4.79 Å². The summed E-state index contributed by atoms with van der Waals surface area (Å²) in [6.45, 7) is 12.1. The van der Waals surface area contributed by atoms with Crippen molar-refractivity contribution in [3.8, 4) is 0 Å². The molecule has 2 atom stereocenters. The van der Waals surface area contributed by atoms with Crippen LogP contribution < -0.4 is 11.1 Å². The van der Waals surface area contributed by atoms with Crippen LogP contribution in [0.1, 0.15) is 47.0 Å². The molecule has 0 radical (unpaired) electrons. The van der Waals surface area contributed by atoms with Crippen LogP contribution in [0, 0.1) is 0 Å². The molecule has 0 aliphatic carbocycles. The van der Waals surface area contributed by atoms with Crippen molar-refractivity contribution in [3.05, 3.63) is 36.5 Å². The highest BCUT2D eigenvalue weighted by molar-refractivity contribution is 5.68. The summed E-state index contributed by atoms with van der Waals surface area (Å²) in [6.07, 6.45) is 10.0. The number of hydrogen-bond donors (Lipinski definition) is 2. The minimum absolute atomic E-state index is 0.0291. The van der Waals surface area contributed by atoms with Gasteiger partial charge in [-0.25, -0.2) is 4.79 Å². The first-order chi connectivity index (χ1) is 11.4. The lowest BCUT2D eigenvalue weighted by atomic mass is 9.99. The molecule has 1 aliphatic rings. The second-order valence-corrected chi connectivity index (χ2v) is 6.48. The van der Waals surface area contributed by atoms with Crippen molar-refractivity contribution < 1.29 is 14.3 Å². The van der Waals surface area contributed by atoms with E-state index in [1.54, 1.807) is 0 Å². The fourth-order valence-corrected chi connectivity index (χ4v) is 2.35. The van der Waals surface area contributed by atoms with E-state index in [0.29, 0.717) is 6.42 Å². The molecule has 0 saturated carbocycles. The van der Waals surface area contributed by atoms with Crippen LogP contribution in [0.3, 0.4) is 0 Å². The van der Waals surface area contributed by atoms with E-state index in [2.05, 4.69) is 17.6 Å². The maximum absolute atomic E-state index is 12.1. The predicted molar refractivity (Wildman–Crippen MR) is 100.0 cm³/mol. The maximum Gasteiger partial charge on any atom is 0.407 e. The van der Waals surface area contributed by atoms with Gasteiger partial charge in [0.15, 0.2) is 0 Å². The van der Waals surface area contributed by atoms with Crippen molar-refractivity contribution in [1.82, 2.24) is 5.32 Å². The Morgan fingerprint density at radius 3 is 2.58 bits per heavy atom. The monoisotopic (exact) mass is 338 g/mol. The summed E-state index contributed by atoms with van der Waals surface area (Å²) in [5.41, 5.74) is 5.06. The van der Waals surface area contributed by atoms with Gasteiger partial charge in [-0.05, 0) is 59.6 Å². The average Bonchev–Trinajstić information content (AvgIpc) is 3.04. The van der Waals surface area contributed by atoms with Crippen molar-refractivity contribution >= 4 is 6.09 Å². The average molecular weight is 338 g/mol. The van der Waals surface area contributed by atoms with Gasteiger partial charge in [-0.3, -0.25) is 0 Å². The third-order valence-electron chi connectivity index (χ3n) is 3.34. The van der Waals surface area contributed by atoms with E-state index in [1.165, 1.54) is 7.05 Å². The molecule has 0 spiro atoms. The highest BCUT2D eigenvalue weighted by atomic mass is 16.6. The number of nitrogens with one attached hydrogen (secondary N) is 1. The normalized spacial score (nSPS) is 19.4. The third-order valence-corrected chi connectivity index (χ3v) is 3.34. The molecule has 1 amide bonds. The molecule has 5 nitrogen and oxygen atoms in total. The number of hydrogen-bond acceptors (Lipinski definition) is 4. The minimum atomic E-state index is -0.507. The number of rotatable bonds is 6. The summed E-state index contributed by atoms with van der Waals surface area (Å²) in [6, 6.07) is -0.105. The maximum atomic E-state index is 12.1. The van der Waals surface area contributed by atoms with Crippen LogP contribution in [0.25, 0.3) is 0 Å². The number of alkyl carbamates (subject to hydrolysis) is 1. The molecule has 1 heterocycles. The fourth-order valence-electron chi connectivity index (χ4n) is 2.35. The van der Waals surface area contributed by atoms with Gasteiger partial charge < -0.3 is 20.5 Å². The molecule has 1 fully saturated rings. The first kappa shape index (κ1) is 22.4. The lowest BCUT2D eigenvalue weighted by molar-refractivity contribution is 0.0368. The molecule has 0 aromatic carbocycles. The van der Waals surface area contributed by atoms with Gasteiger partial charge in [0.1, 0.15) is 5.60 Å². The smallest absolute Gasteiger partial charge is 0.407 e. The van der Waals surface area contributed by atoms with Gasteiger partial charge in [0.05, 0.1) is 12.1 Å². The van der Waals surface area contributed by atoms with Crippen molar-refractivity contribution in [3.63, 3.8) is 0 Å². The number of ether oxygens (including phenoxy) is 2. The molecule has 1 rings (SSSR count). The Labute approximate surface area is 147 Å². The summed E-state index contributed by atoms with van der Waals surface area (Å²) in [7, 11) is 1.50. The van der Waals surface area contributed by atoms with E-state index in [4.69, 9.17) is 9.47 Å². The van der Waals surface area contributed by atoms with Crippen LogP contribution in [-0.4, -0.2) is 37.5 Å². The number of allylic oxidation sites excluding steroid dienone is 4. The third kappa shape index (κ3) is 9.53. The Morgan fingerprint density at radius 2 is 2.12 bits per heavy atom. The molecule has 0 bridgehead atoms. The van der Waals surface area contributed by atoms with E-state index >= 15 is 0 Å². The molecule has 1 aliphatic heterocycles. The molecule has 24 heavy (non-hydrogen) atoms. The van der Waals surface area contributed by atoms with Gasteiger partial charge >= 0.3 is 6.09 Å². The molecule has 0 aromatic heterocycles. The van der Waals surface area contributed by atoms with Crippen molar-refractivity contribution in [1.29, 1.82) is 0 Å². The predicted octanol–water partition coefficient (Wildman–Crippen LogP) is 3.71. The van der Waals surface area contributed by atoms with E-state index in [-0.39, 0.29) is 12.1 Å². The van der Waals surface area contributed by atoms with Crippen molar-refractivity contribution in [2.75, 3.05) is 13.7 Å². The SMILES string of the molecule is C=C/C(=C\C=C/C)CC(NC(=O)OC(C)(C)C)C1CCCO1.CN. The summed E-state index contributed by atoms with van der Waals surface area (Å²) in [4.78, 5) is 12.1. The number of carbonyl (C=O) groups is 1. The fraction of sp³-hybridized carbons (Fsp3) is 0.632. The Hall–Kier alpha value is -1.59. The van der Waals surface area contributed by atoms with Crippen LogP contribution in [-0.2, 0) is 9.47 Å². The van der Waals surface area contributed by atoms with E-state index in [1.807, 2.05) is 52.0 Å². The molecule has 5 heteroatoms. The second kappa shape index (κ2) is 11.9. The van der Waals surface area contributed by atoms with Crippen LogP contribution in [0.5, 0.6) is 0 Å². The summed E-state index contributed by atoms with van der Waals surface area (Å²) < 4.78 is 11.1. The highest BCUT2D eigenvalue weighted by Gasteiger charge is 2.29. The lowest BCUT2D eigenvalue weighted by Gasteiger charge is -2.27. The summed E-state index contributed by atoms with van der Waals surface area (Å²) >= 11 is 0. The second-order valence-electron chi connectivity index (χ2n) is 6.48. The van der Waals surface area contributed by atoms with E-state index in [0.717, 1.165) is 25.0 Å². The largest absolute Gasteiger partial charge is 0.444 e. The zero-order valence-electron chi connectivity index (χ0n) is 15.8. The molecule has 0 aromatic rings. The van der Waals surface area contributed by atoms with Crippen LogP contribution in [0.2, 0.25) is 0 Å². The molecule has 138 valence electrons. The Morgan fingerprint density at radius 1 is 1.46 bits per heavy atom. The lowest BCUT2D eigenvalue weighted by Crippen LogP contribution is -2.45. The van der Waals surface area contributed by atoms with E-state index < -0.39 is 11.7 Å². The number of carbonyl (C=O) groups excluding carboxylic acids is 1. The molecular weight excluding hydrogens is 304 g/mol. The molecular formula is C19H34N2O3. The van der Waals surface area contributed by atoms with Gasteiger partial charge in [0, 0.05) is 6.61 Å². The summed E-state index contributed by atoms with van der Waals surface area (Å²) in [5.74, 6) is 0. The quantitative estimate of drug-likeness (QED) is 0.724. The minimum Gasteiger partial charge on any atom is -0.444 e. The number of nitrogens with two attached hydrogens (primary N) is 1. The van der Waals surface area contributed by atoms with Gasteiger partial charge in [0.25, 0.3) is 0 Å². The zero-order valence-corrected chi connectivity index (χ0v) is 15.8. The molecule has 1 saturated heterocycles. The van der Waals surface area contributed by atoms with Gasteiger partial charge in [-0.15, -0.1) is 0 Å². The first-order valence-electron chi connectivity index (χ1n) is 8.49. The Balaban J connectivity index is 0.00000254. The van der Waals surface area contributed by atoms with Gasteiger partial charge in [-0.1, -0.05) is 30.9 Å². The highest BCUT2D eigenvalue weighted by Crippen LogP contribution is 2.21. The van der Waals surface area contributed by atoms with Crippen LogP contribution >= 0.6 is 0 Å².